The van der Waals surface area contributed by atoms with Gasteiger partial charge in [0.25, 0.3) is 0 Å². The van der Waals surface area contributed by atoms with E-state index >= 15 is 0 Å². The lowest BCUT2D eigenvalue weighted by Crippen LogP contribution is -2.16. The minimum absolute atomic E-state index is 0.0774. The van der Waals surface area contributed by atoms with E-state index < -0.39 is 0 Å². The number of hydrogen-bond acceptors (Lipinski definition) is 6. The van der Waals surface area contributed by atoms with Crippen molar-refractivity contribution in [3.63, 3.8) is 0 Å². The number of ether oxygens (including phenoxy) is 4. The first-order valence-corrected chi connectivity index (χ1v) is 9.07. The average Bonchev–Trinajstić information content (AvgIpc) is 2.71. The van der Waals surface area contributed by atoms with Crippen molar-refractivity contribution in [1.29, 1.82) is 0 Å². The smallest absolute Gasteiger partial charge is 0.204 e. The highest BCUT2D eigenvalue weighted by Gasteiger charge is 2.19. The minimum Gasteiger partial charge on any atom is -0.495 e. The maximum atomic E-state index is 12.8. The lowest BCUT2D eigenvalue weighted by Gasteiger charge is -2.21. The Bertz CT molecular complexity index is 906. The molecular weight excluding hydrogens is 382 g/mol. The molecule has 0 N–H and O–H groups in total. The fraction of sp³-hybridized carbons (Fsp3) is 0.286. The van der Waals surface area contributed by atoms with E-state index in [2.05, 4.69) is 0 Å². The molecule has 0 bridgehead atoms. The molecule has 0 aromatic heterocycles. The van der Waals surface area contributed by atoms with Gasteiger partial charge in [0, 0.05) is 19.7 Å². The van der Waals surface area contributed by atoms with Gasteiger partial charge in [0.1, 0.15) is 19.0 Å². The number of benzene rings is 2. The Morgan fingerprint density at radius 2 is 1.79 bits per heavy atom. The van der Waals surface area contributed by atoms with Crippen LogP contribution in [-0.4, -0.2) is 47.3 Å². The number of fused-ring (bicyclic) bond motifs is 1. The maximum absolute atomic E-state index is 12.8. The number of carbonyl (C=O) groups is 1. The van der Waals surface area contributed by atoms with Gasteiger partial charge in [-0.2, -0.15) is 0 Å². The highest BCUT2D eigenvalue weighted by molar-refractivity contribution is 6.47. The molecule has 0 fully saturated rings. The molecule has 0 saturated carbocycles. The highest BCUT2D eigenvalue weighted by Crippen LogP contribution is 2.41. The molecule has 2 aromatic carbocycles. The van der Waals surface area contributed by atoms with Crippen LogP contribution in [0.25, 0.3) is 6.08 Å². The number of methoxy groups -OCH3 is 2. The molecule has 0 spiro atoms. The monoisotopic (exact) mass is 403 g/mol. The van der Waals surface area contributed by atoms with Crippen LogP contribution in [0.3, 0.4) is 0 Å². The van der Waals surface area contributed by atoms with Gasteiger partial charge < -0.3 is 23.8 Å². The SMILES string of the molecule is COc1ccc(C(=O)C(Cl)=Cc2cc(OC)c3c(c2)OCCO3)cc1N(C)C. The van der Waals surface area contributed by atoms with E-state index in [1.165, 1.54) is 0 Å². The van der Waals surface area contributed by atoms with Gasteiger partial charge in [0.2, 0.25) is 11.5 Å². The standard InChI is InChI=1S/C21H22ClNO5/c1-23(2)16-12-14(5-6-17(16)25-3)20(24)15(22)9-13-10-18(26-4)21-19(11-13)27-7-8-28-21/h5-6,9-12H,7-8H2,1-4H3. The van der Waals surface area contributed by atoms with Gasteiger partial charge in [-0.05, 0) is 42.0 Å². The van der Waals surface area contributed by atoms with Crippen molar-refractivity contribution in [3.8, 4) is 23.0 Å². The fourth-order valence-corrected chi connectivity index (χ4v) is 3.14. The third-order valence-electron chi connectivity index (χ3n) is 4.28. The third-order valence-corrected chi connectivity index (χ3v) is 4.56. The molecule has 2 aromatic rings. The molecule has 0 radical (unpaired) electrons. The second-order valence-electron chi connectivity index (χ2n) is 6.35. The Hall–Kier alpha value is -2.86. The number of rotatable bonds is 6. The number of allylic oxidation sites excluding steroid dienone is 1. The number of anilines is 1. The molecule has 1 aliphatic rings. The summed E-state index contributed by atoms with van der Waals surface area (Å²) >= 11 is 6.34. The number of nitrogens with zero attached hydrogens (tertiary/aromatic N) is 1. The van der Waals surface area contributed by atoms with Crippen molar-refractivity contribution in [3.05, 3.63) is 46.5 Å². The zero-order chi connectivity index (χ0) is 20.3. The Kier molecular flexibility index (Phi) is 5.99. The number of halogens is 1. The van der Waals surface area contributed by atoms with Gasteiger partial charge in [-0.25, -0.2) is 0 Å². The normalized spacial score (nSPS) is 13.1. The number of ketones is 1. The molecule has 0 saturated heterocycles. The quantitative estimate of drug-likeness (QED) is 0.536. The van der Waals surface area contributed by atoms with Crippen LogP contribution < -0.4 is 23.8 Å². The third kappa shape index (κ3) is 4.02. The topological polar surface area (TPSA) is 57.2 Å². The van der Waals surface area contributed by atoms with E-state index in [0.717, 1.165) is 5.69 Å². The van der Waals surface area contributed by atoms with Gasteiger partial charge in [0.05, 0.1) is 24.9 Å². The minimum atomic E-state index is -0.290. The first-order chi connectivity index (χ1) is 13.4. The predicted octanol–water partition coefficient (Wildman–Crippen LogP) is 4.00. The Balaban J connectivity index is 1.93. The molecular formula is C21H22ClNO5. The molecule has 3 rings (SSSR count). The van der Waals surface area contributed by atoms with Gasteiger partial charge in [-0.1, -0.05) is 11.6 Å². The molecule has 1 aliphatic heterocycles. The summed E-state index contributed by atoms with van der Waals surface area (Å²) in [6.07, 6.45) is 1.59. The highest BCUT2D eigenvalue weighted by atomic mass is 35.5. The summed E-state index contributed by atoms with van der Waals surface area (Å²) in [6, 6.07) is 8.71. The van der Waals surface area contributed by atoms with Crippen molar-refractivity contribution >= 4 is 29.1 Å². The van der Waals surface area contributed by atoms with Crippen LogP contribution in [0.4, 0.5) is 5.69 Å². The lowest BCUT2D eigenvalue weighted by atomic mass is 10.1. The summed E-state index contributed by atoms with van der Waals surface area (Å²) in [5.41, 5.74) is 1.94. The summed E-state index contributed by atoms with van der Waals surface area (Å²) in [7, 11) is 6.90. The summed E-state index contributed by atoms with van der Waals surface area (Å²) in [6.45, 7) is 0.915. The zero-order valence-electron chi connectivity index (χ0n) is 16.2. The van der Waals surface area contributed by atoms with Gasteiger partial charge in [0.15, 0.2) is 11.5 Å². The summed E-state index contributed by atoms with van der Waals surface area (Å²) in [5.74, 6) is 2.03. The molecule has 0 aliphatic carbocycles. The lowest BCUT2D eigenvalue weighted by molar-refractivity contribution is 0.104. The van der Waals surface area contributed by atoms with Crippen LogP contribution in [0.2, 0.25) is 0 Å². The first kappa shape index (κ1) is 19.9. The average molecular weight is 404 g/mol. The molecule has 0 unspecified atom stereocenters. The first-order valence-electron chi connectivity index (χ1n) is 8.69. The zero-order valence-corrected chi connectivity index (χ0v) is 17.0. The molecule has 7 heteroatoms. The van der Waals surface area contributed by atoms with Gasteiger partial charge in [-0.15, -0.1) is 0 Å². The second-order valence-corrected chi connectivity index (χ2v) is 6.76. The van der Waals surface area contributed by atoms with E-state index in [0.29, 0.717) is 47.3 Å². The number of Topliss-reactive ketones (excluding diaryl/α,β-unsaturated/α-hetero) is 1. The summed E-state index contributed by atoms with van der Waals surface area (Å²) in [5, 5.41) is 0.0774. The number of carbonyl (C=O) groups excluding carboxylic acids is 1. The van der Waals surface area contributed by atoms with Crippen molar-refractivity contribution in [1.82, 2.24) is 0 Å². The number of hydrogen-bond donors (Lipinski definition) is 0. The maximum Gasteiger partial charge on any atom is 0.204 e. The predicted molar refractivity (Wildman–Crippen MR) is 109 cm³/mol. The summed E-state index contributed by atoms with van der Waals surface area (Å²) < 4.78 is 21.9. The molecule has 0 amide bonds. The molecule has 1 heterocycles. The van der Waals surface area contributed by atoms with Crippen LogP contribution >= 0.6 is 11.6 Å². The van der Waals surface area contributed by atoms with Crippen LogP contribution in [0.15, 0.2) is 35.4 Å². The van der Waals surface area contributed by atoms with Crippen molar-refractivity contribution < 1.29 is 23.7 Å². The van der Waals surface area contributed by atoms with E-state index in [1.807, 2.05) is 19.0 Å². The van der Waals surface area contributed by atoms with Crippen LogP contribution in [0.1, 0.15) is 15.9 Å². The molecule has 148 valence electrons. The second kappa shape index (κ2) is 8.44. The van der Waals surface area contributed by atoms with E-state index in [1.54, 1.807) is 50.6 Å². The van der Waals surface area contributed by atoms with E-state index in [4.69, 9.17) is 30.5 Å². The Morgan fingerprint density at radius 1 is 1.07 bits per heavy atom. The van der Waals surface area contributed by atoms with Crippen LogP contribution in [-0.2, 0) is 0 Å². The summed E-state index contributed by atoms with van der Waals surface area (Å²) in [4.78, 5) is 14.7. The van der Waals surface area contributed by atoms with Crippen molar-refractivity contribution in [2.24, 2.45) is 0 Å². The van der Waals surface area contributed by atoms with E-state index in [9.17, 15) is 4.79 Å². The van der Waals surface area contributed by atoms with Gasteiger partial charge >= 0.3 is 0 Å². The van der Waals surface area contributed by atoms with Crippen LogP contribution in [0, 0.1) is 0 Å². The molecule has 6 nitrogen and oxygen atoms in total. The van der Waals surface area contributed by atoms with Crippen molar-refractivity contribution in [2.45, 2.75) is 0 Å². The largest absolute Gasteiger partial charge is 0.495 e. The van der Waals surface area contributed by atoms with Crippen LogP contribution in [0.5, 0.6) is 23.0 Å². The van der Waals surface area contributed by atoms with Crippen molar-refractivity contribution in [2.75, 3.05) is 46.4 Å². The molecule has 0 atom stereocenters. The fourth-order valence-electron chi connectivity index (χ4n) is 2.91. The molecule has 28 heavy (non-hydrogen) atoms. The van der Waals surface area contributed by atoms with Gasteiger partial charge in [-0.3, -0.25) is 4.79 Å². The van der Waals surface area contributed by atoms with E-state index in [-0.39, 0.29) is 10.8 Å². The Morgan fingerprint density at radius 3 is 2.46 bits per heavy atom. The Labute approximate surface area is 169 Å².